The normalized spacial score (nSPS) is 24.6. The third kappa shape index (κ3) is 16.8. The lowest BCUT2D eigenvalue weighted by molar-refractivity contribution is -0.327. The largest absolute Gasteiger partial charge is 0.388 e. The van der Waals surface area contributed by atoms with Crippen LogP contribution < -0.4 is 0 Å². The van der Waals surface area contributed by atoms with Gasteiger partial charge in [0.05, 0.1) is 6.61 Å². The Balaban J connectivity index is 2.29. The molecule has 5 heteroatoms. The molecule has 0 aromatic rings. The molecule has 2 unspecified atom stereocenters. The molecule has 0 amide bonds. The van der Waals surface area contributed by atoms with Crippen LogP contribution in [0.4, 0.5) is 0 Å². The molecule has 0 aliphatic carbocycles. The molecule has 1 heterocycles. The molecule has 1 aliphatic rings. The minimum atomic E-state index is -1.76. The van der Waals surface area contributed by atoms with Crippen LogP contribution in [0.1, 0.15) is 174 Å². The SMILES string of the molecule is CCCCCCCCCCCCCCC(CCCCCCCCCCCC)CC1(O)OC[C@@H](O)[C@H](O)[C@H]1O. The van der Waals surface area contributed by atoms with Crippen LogP contribution in [0.15, 0.2) is 0 Å². The summed E-state index contributed by atoms with van der Waals surface area (Å²) >= 11 is 0. The van der Waals surface area contributed by atoms with Crippen LogP contribution in [0, 0.1) is 5.92 Å². The van der Waals surface area contributed by atoms with Crippen molar-refractivity contribution in [2.45, 2.75) is 198 Å². The van der Waals surface area contributed by atoms with Crippen molar-refractivity contribution < 1.29 is 25.2 Å². The van der Waals surface area contributed by atoms with Crippen molar-refractivity contribution >= 4 is 0 Å². The highest BCUT2D eigenvalue weighted by Gasteiger charge is 2.49. The van der Waals surface area contributed by atoms with Crippen molar-refractivity contribution in [3.05, 3.63) is 0 Å². The Bertz CT molecular complexity index is 516. The van der Waals surface area contributed by atoms with E-state index in [9.17, 15) is 20.4 Å². The minimum absolute atomic E-state index is 0.141. The molecule has 1 fully saturated rings. The van der Waals surface area contributed by atoms with Crippen LogP contribution in [-0.2, 0) is 4.74 Å². The van der Waals surface area contributed by atoms with Gasteiger partial charge in [-0.15, -0.1) is 0 Å². The first-order chi connectivity index (χ1) is 18.4. The van der Waals surface area contributed by atoms with E-state index in [0.29, 0.717) is 6.42 Å². The second-order valence-corrected chi connectivity index (χ2v) is 12.4. The maximum atomic E-state index is 11.0. The lowest BCUT2D eigenvalue weighted by Crippen LogP contribution is -2.61. The number of aliphatic hydroxyl groups excluding tert-OH is 3. The van der Waals surface area contributed by atoms with Gasteiger partial charge in [0, 0.05) is 6.42 Å². The topological polar surface area (TPSA) is 90.2 Å². The van der Waals surface area contributed by atoms with Crippen molar-refractivity contribution in [2.24, 2.45) is 5.92 Å². The zero-order valence-corrected chi connectivity index (χ0v) is 25.4. The predicted octanol–water partition coefficient (Wildman–Crippen LogP) is 8.20. The van der Waals surface area contributed by atoms with Gasteiger partial charge in [-0.25, -0.2) is 0 Å². The maximum Gasteiger partial charge on any atom is 0.194 e. The zero-order valence-electron chi connectivity index (χ0n) is 25.4. The van der Waals surface area contributed by atoms with Gasteiger partial charge in [-0.05, 0) is 5.92 Å². The first kappa shape index (κ1) is 35.8. The highest BCUT2D eigenvalue weighted by Crippen LogP contribution is 2.34. The van der Waals surface area contributed by atoms with Gasteiger partial charge in [-0.1, -0.05) is 168 Å². The number of hydrogen-bond donors (Lipinski definition) is 4. The first-order valence-electron chi connectivity index (χ1n) is 16.8. The minimum Gasteiger partial charge on any atom is -0.388 e. The molecule has 5 nitrogen and oxygen atoms in total. The fraction of sp³-hybridized carbons (Fsp3) is 1.00. The van der Waals surface area contributed by atoms with E-state index in [0.717, 1.165) is 25.7 Å². The molecule has 1 rings (SSSR count). The summed E-state index contributed by atoms with van der Waals surface area (Å²) in [5, 5.41) is 41.4. The van der Waals surface area contributed by atoms with Gasteiger partial charge in [0.15, 0.2) is 5.79 Å². The molecular weight excluding hydrogens is 476 g/mol. The molecule has 0 aromatic carbocycles. The predicted molar refractivity (Wildman–Crippen MR) is 159 cm³/mol. The van der Waals surface area contributed by atoms with Crippen molar-refractivity contribution in [3.63, 3.8) is 0 Å². The van der Waals surface area contributed by atoms with Crippen LogP contribution in [0.25, 0.3) is 0 Å². The second kappa shape index (κ2) is 23.5. The molecule has 0 saturated carbocycles. The number of unbranched alkanes of at least 4 members (excludes halogenated alkanes) is 20. The third-order valence-electron chi connectivity index (χ3n) is 8.70. The highest BCUT2D eigenvalue weighted by molar-refractivity contribution is 4.92. The Labute approximate surface area is 236 Å². The zero-order chi connectivity index (χ0) is 27.9. The van der Waals surface area contributed by atoms with Gasteiger partial charge >= 0.3 is 0 Å². The number of rotatable bonds is 26. The van der Waals surface area contributed by atoms with E-state index in [1.807, 2.05) is 0 Å². The van der Waals surface area contributed by atoms with Crippen LogP contribution in [0.3, 0.4) is 0 Å². The summed E-state index contributed by atoms with van der Waals surface area (Å²) in [6.45, 7) is 4.39. The third-order valence-corrected chi connectivity index (χ3v) is 8.70. The molecular formula is C33H66O5. The fourth-order valence-electron chi connectivity index (χ4n) is 6.03. The molecule has 4 N–H and O–H groups in total. The van der Waals surface area contributed by atoms with E-state index in [1.54, 1.807) is 0 Å². The Kier molecular flexibility index (Phi) is 22.2. The van der Waals surface area contributed by atoms with Crippen molar-refractivity contribution in [1.82, 2.24) is 0 Å². The van der Waals surface area contributed by atoms with E-state index in [-0.39, 0.29) is 12.5 Å². The summed E-state index contributed by atoms with van der Waals surface area (Å²) in [6, 6.07) is 0. The van der Waals surface area contributed by atoms with Crippen LogP contribution in [0.5, 0.6) is 0 Å². The first-order valence-corrected chi connectivity index (χ1v) is 16.8. The maximum absolute atomic E-state index is 11.0. The fourth-order valence-corrected chi connectivity index (χ4v) is 6.03. The molecule has 0 radical (unpaired) electrons. The van der Waals surface area contributed by atoms with E-state index in [2.05, 4.69) is 13.8 Å². The summed E-state index contributed by atoms with van der Waals surface area (Å²) in [6.07, 6.45) is 27.3. The molecule has 0 spiro atoms. The molecule has 0 bridgehead atoms. The Morgan fingerprint density at radius 2 is 0.921 bits per heavy atom. The molecule has 228 valence electrons. The molecule has 5 atom stereocenters. The Morgan fingerprint density at radius 1 is 0.579 bits per heavy atom. The van der Waals surface area contributed by atoms with Gasteiger partial charge in [0.25, 0.3) is 0 Å². The standard InChI is InChI=1S/C33H66O5/c1-3-5-7-9-11-13-15-16-18-20-22-24-26-29(25-23-21-19-17-14-12-10-8-6-4-2)27-33(37)32(36)31(35)30(34)28-38-33/h29-32,34-37H,3-28H2,1-2H3/t29?,30-,31+,32-,33?/m1/s1. The average molecular weight is 543 g/mol. The Hall–Kier alpha value is -0.200. The van der Waals surface area contributed by atoms with Gasteiger partial charge in [-0.3, -0.25) is 0 Å². The molecule has 1 aliphatic heterocycles. The van der Waals surface area contributed by atoms with Crippen molar-refractivity contribution in [2.75, 3.05) is 6.61 Å². The number of hydrogen-bond acceptors (Lipinski definition) is 5. The van der Waals surface area contributed by atoms with E-state index in [4.69, 9.17) is 4.74 Å². The highest BCUT2D eigenvalue weighted by atomic mass is 16.6. The van der Waals surface area contributed by atoms with E-state index < -0.39 is 24.1 Å². The van der Waals surface area contributed by atoms with Crippen LogP contribution >= 0.6 is 0 Å². The monoisotopic (exact) mass is 542 g/mol. The average Bonchev–Trinajstić information content (AvgIpc) is 2.91. The van der Waals surface area contributed by atoms with Gasteiger partial charge < -0.3 is 25.2 Å². The van der Waals surface area contributed by atoms with Crippen molar-refractivity contribution in [1.29, 1.82) is 0 Å². The van der Waals surface area contributed by atoms with Gasteiger partial charge in [-0.2, -0.15) is 0 Å². The number of aliphatic hydroxyl groups is 4. The summed E-state index contributed by atoms with van der Waals surface area (Å²) in [4.78, 5) is 0. The summed E-state index contributed by atoms with van der Waals surface area (Å²) < 4.78 is 5.50. The van der Waals surface area contributed by atoms with Crippen LogP contribution in [0.2, 0.25) is 0 Å². The van der Waals surface area contributed by atoms with E-state index >= 15 is 0 Å². The van der Waals surface area contributed by atoms with Crippen LogP contribution in [-0.4, -0.2) is 51.1 Å². The number of ether oxygens (including phenoxy) is 1. The summed E-state index contributed by atoms with van der Waals surface area (Å²) in [7, 11) is 0. The Morgan fingerprint density at radius 3 is 1.29 bits per heavy atom. The molecule has 38 heavy (non-hydrogen) atoms. The lowest BCUT2D eigenvalue weighted by Gasteiger charge is -2.43. The van der Waals surface area contributed by atoms with E-state index in [1.165, 1.54) is 128 Å². The quantitative estimate of drug-likeness (QED) is 0.0827. The smallest absolute Gasteiger partial charge is 0.194 e. The lowest BCUT2D eigenvalue weighted by atomic mass is 9.84. The van der Waals surface area contributed by atoms with Crippen molar-refractivity contribution in [3.8, 4) is 0 Å². The molecule has 1 saturated heterocycles. The molecule has 0 aromatic heterocycles. The second-order valence-electron chi connectivity index (χ2n) is 12.4. The van der Waals surface area contributed by atoms with Gasteiger partial charge in [0.2, 0.25) is 0 Å². The summed E-state index contributed by atoms with van der Waals surface area (Å²) in [5.74, 6) is -1.51. The summed E-state index contributed by atoms with van der Waals surface area (Å²) in [5.41, 5.74) is 0. The van der Waals surface area contributed by atoms with Gasteiger partial charge in [0.1, 0.15) is 18.3 Å².